The first kappa shape index (κ1) is 13.3. The van der Waals surface area contributed by atoms with Crippen molar-refractivity contribution in [1.29, 1.82) is 0 Å². The van der Waals surface area contributed by atoms with Crippen molar-refractivity contribution in [3.05, 3.63) is 0 Å². The van der Waals surface area contributed by atoms with Crippen LogP contribution in [0.3, 0.4) is 0 Å². The van der Waals surface area contributed by atoms with Crippen LogP contribution in [0.4, 0.5) is 0 Å². The fourth-order valence-electron chi connectivity index (χ4n) is 3.17. The van der Waals surface area contributed by atoms with Gasteiger partial charge in [0.1, 0.15) is 0 Å². The lowest BCUT2D eigenvalue weighted by Gasteiger charge is -2.34. The predicted octanol–water partition coefficient (Wildman–Crippen LogP) is 1.94. The molecule has 2 rings (SSSR count). The van der Waals surface area contributed by atoms with Crippen molar-refractivity contribution in [2.24, 2.45) is 11.8 Å². The molecule has 100 valence electrons. The van der Waals surface area contributed by atoms with Gasteiger partial charge in [0, 0.05) is 18.8 Å². The smallest absolute Gasteiger partial charge is 0.0616 e. The molecule has 0 spiro atoms. The van der Waals surface area contributed by atoms with Crippen molar-refractivity contribution in [3.63, 3.8) is 0 Å². The maximum absolute atomic E-state index is 9.67. The highest BCUT2D eigenvalue weighted by Crippen LogP contribution is 2.37. The zero-order valence-corrected chi connectivity index (χ0v) is 11.1. The zero-order valence-electron chi connectivity index (χ0n) is 11.1. The summed E-state index contributed by atoms with van der Waals surface area (Å²) in [5.41, 5.74) is -0.0162. The van der Waals surface area contributed by atoms with E-state index in [1.54, 1.807) is 0 Å². The molecule has 0 aromatic rings. The van der Waals surface area contributed by atoms with E-state index in [2.05, 4.69) is 12.2 Å². The molecule has 0 saturated heterocycles. The normalized spacial score (nSPS) is 33.2. The quantitative estimate of drug-likeness (QED) is 0.638. The Morgan fingerprint density at radius 1 is 1.35 bits per heavy atom. The molecule has 0 aromatic heterocycles. The number of nitrogens with one attached hydrogen (secondary N) is 1. The van der Waals surface area contributed by atoms with Gasteiger partial charge in [0.05, 0.1) is 6.61 Å². The fraction of sp³-hybridized carbons (Fsp3) is 1.00. The van der Waals surface area contributed by atoms with Crippen LogP contribution in [0.2, 0.25) is 0 Å². The van der Waals surface area contributed by atoms with E-state index in [0.717, 1.165) is 38.5 Å². The molecular weight excluding hydrogens is 214 g/mol. The van der Waals surface area contributed by atoms with E-state index >= 15 is 0 Å². The summed E-state index contributed by atoms with van der Waals surface area (Å²) in [5, 5.41) is 13.2. The molecule has 0 amide bonds. The van der Waals surface area contributed by atoms with E-state index < -0.39 is 0 Å². The molecular formula is C14H27NO2. The third-order valence-corrected chi connectivity index (χ3v) is 4.43. The molecule has 2 N–H and O–H groups in total. The molecule has 2 atom stereocenters. The lowest BCUT2D eigenvalue weighted by atomic mass is 9.85. The van der Waals surface area contributed by atoms with Gasteiger partial charge in [-0.3, -0.25) is 0 Å². The van der Waals surface area contributed by atoms with Crippen molar-refractivity contribution < 1.29 is 9.84 Å². The van der Waals surface area contributed by atoms with Crippen LogP contribution < -0.4 is 5.32 Å². The van der Waals surface area contributed by atoms with Crippen LogP contribution >= 0.6 is 0 Å². The van der Waals surface area contributed by atoms with Gasteiger partial charge in [-0.25, -0.2) is 0 Å². The minimum Gasteiger partial charge on any atom is -0.394 e. The van der Waals surface area contributed by atoms with Gasteiger partial charge in [0.2, 0.25) is 0 Å². The van der Waals surface area contributed by atoms with Crippen LogP contribution in [0.1, 0.15) is 45.4 Å². The van der Waals surface area contributed by atoms with Gasteiger partial charge < -0.3 is 15.2 Å². The standard InChI is InChI=1S/C14H27NO2/c1-2-15-14(11-16)8-3-4-13(14)7-9-17-10-12-5-6-12/h12-13,15-16H,2-11H2,1H3. The second-order valence-corrected chi connectivity index (χ2v) is 5.74. The number of rotatable bonds is 8. The third kappa shape index (κ3) is 3.43. The molecule has 2 fully saturated rings. The molecule has 2 aliphatic rings. The lowest BCUT2D eigenvalue weighted by Crippen LogP contribution is -2.51. The largest absolute Gasteiger partial charge is 0.394 e. The Hall–Kier alpha value is -0.120. The highest BCUT2D eigenvalue weighted by atomic mass is 16.5. The Morgan fingerprint density at radius 3 is 2.82 bits per heavy atom. The molecule has 0 aliphatic heterocycles. The average molecular weight is 241 g/mol. The molecule has 0 bridgehead atoms. The number of hydrogen-bond donors (Lipinski definition) is 2. The fourth-order valence-corrected chi connectivity index (χ4v) is 3.17. The van der Waals surface area contributed by atoms with Gasteiger partial charge in [-0.1, -0.05) is 13.3 Å². The summed E-state index contributed by atoms with van der Waals surface area (Å²) in [7, 11) is 0. The van der Waals surface area contributed by atoms with E-state index in [-0.39, 0.29) is 12.1 Å². The number of aliphatic hydroxyl groups excluding tert-OH is 1. The van der Waals surface area contributed by atoms with Crippen LogP contribution in [0, 0.1) is 11.8 Å². The minimum absolute atomic E-state index is 0.0162. The van der Waals surface area contributed by atoms with Crippen LogP contribution in [-0.2, 0) is 4.74 Å². The number of hydrogen-bond acceptors (Lipinski definition) is 3. The van der Waals surface area contributed by atoms with Gasteiger partial charge >= 0.3 is 0 Å². The SMILES string of the molecule is CCNC1(CO)CCCC1CCOCC1CC1. The number of ether oxygens (including phenoxy) is 1. The van der Waals surface area contributed by atoms with Gasteiger partial charge in [-0.2, -0.15) is 0 Å². The summed E-state index contributed by atoms with van der Waals surface area (Å²) in [5.74, 6) is 1.45. The molecule has 0 aromatic carbocycles. The highest BCUT2D eigenvalue weighted by molar-refractivity contribution is 4.98. The van der Waals surface area contributed by atoms with Crippen molar-refractivity contribution >= 4 is 0 Å². The van der Waals surface area contributed by atoms with Crippen molar-refractivity contribution in [1.82, 2.24) is 5.32 Å². The molecule has 2 unspecified atom stereocenters. The van der Waals surface area contributed by atoms with Gasteiger partial charge in [-0.05, 0) is 50.5 Å². The van der Waals surface area contributed by atoms with Crippen LogP contribution in [-0.4, -0.2) is 37.0 Å². The van der Waals surface area contributed by atoms with Gasteiger partial charge in [-0.15, -0.1) is 0 Å². The monoisotopic (exact) mass is 241 g/mol. The summed E-state index contributed by atoms with van der Waals surface area (Å²) in [4.78, 5) is 0. The molecule has 0 radical (unpaired) electrons. The maximum atomic E-state index is 9.67. The minimum atomic E-state index is -0.0162. The molecule has 3 nitrogen and oxygen atoms in total. The Bertz CT molecular complexity index is 230. The summed E-state index contributed by atoms with van der Waals surface area (Å²) in [6.45, 7) is 5.17. The topological polar surface area (TPSA) is 41.5 Å². The van der Waals surface area contributed by atoms with Crippen molar-refractivity contribution in [3.8, 4) is 0 Å². The zero-order chi connectivity index (χ0) is 12.1. The van der Waals surface area contributed by atoms with E-state index in [1.165, 1.54) is 25.7 Å². The Morgan fingerprint density at radius 2 is 2.18 bits per heavy atom. The highest BCUT2D eigenvalue weighted by Gasteiger charge is 2.41. The van der Waals surface area contributed by atoms with Crippen molar-refractivity contribution in [2.75, 3.05) is 26.4 Å². The van der Waals surface area contributed by atoms with Gasteiger partial charge in [0.25, 0.3) is 0 Å². The summed E-state index contributed by atoms with van der Waals surface area (Å²) in [6.07, 6.45) is 7.41. The summed E-state index contributed by atoms with van der Waals surface area (Å²) in [6, 6.07) is 0. The van der Waals surface area contributed by atoms with Crippen LogP contribution in [0.5, 0.6) is 0 Å². The Labute approximate surface area is 105 Å². The molecule has 3 heteroatoms. The van der Waals surface area contributed by atoms with Crippen LogP contribution in [0.15, 0.2) is 0 Å². The first-order valence-corrected chi connectivity index (χ1v) is 7.24. The van der Waals surface area contributed by atoms with E-state index in [1.807, 2.05) is 0 Å². The maximum Gasteiger partial charge on any atom is 0.0616 e. The predicted molar refractivity (Wildman–Crippen MR) is 69.0 cm³/mol. The Balaban J connectivity index is 1.72. The molecule has 17 heavy (non-hydrogen) atoms. The molecule has 2 saturated carbocycles. The van der Waals surface area contributed by atoms with Gasteiger partial charge in [0.15, 0.2) is 0 Å². The number of aliphatic hydroxyl groups is 1. The lowest BCUT2D eigenvalue weighted by molar-refractivity contribution is 0.0756. The molecule has 0 heterocycles. The average Bonchev–Trinajstić information content (AvgIpc) is 3.08. The first-order valence-electron chi connectivity index (χ1n) is 7.24. The summed E-state index contributed by atoms with van der Waals surface area (Å²) < 4.78 is 5.73. The first-order chi connectivity index (χ1) is 8.30. The third-order valence-electron chi connectivity index (χ3n) is 4.43. The van der Waals surface area contributed by atoms with Crippen molar-refractivity contribution in [2.45, 2.75) is 51.0 Å². The second-order valence-electron chi connectivity index (χ2n) is 5.74. The summed E-state index contributed by atoms with van der Waals surface area (Å²) >= 11 is 0. The number of likely N-dealkylation sites (N-methyl/N-ethyl adjacent to an activating group) is 1. The molecule has 2 aliphatic carbocycles. The Kier molecular flexibility index (Phi) is 4.83. The van der Waals surface area contributed by atoms with E-state index in [9.17, 15) is 5.11 Å². The van der Waals surface area contributed by atoms with E-state index in [4.69, 9.17) is 4.74 Å². The van der Waals surface area contributed by atoms with E-state index in [0.29, 0.717) is 5.92 Å². The van der Waals surface area contributed by atoms with Crippen LogP contribution in [0.25, 0.3) is 0 Å². The second kappa shape index (κ2) is 6.17.